The van der Waals surface area contributed by atoms with E-state index in [1.165, 1.54) is 107 Å². The molecule has 0 unspecified atom stereocenters. The van der Waals surface area contributed by atoms with Crippen LogP contribution < -0.4 is 20.9 Å². The van der Waals surface area contributed by atoms with Crippen LogP contribution in [0.3, 0.4) is 0 Å². The van der Waals surface area contributed by atoms with E-state index in [1.54, 1.807) is 0 Å². The van der Waals surface area contributed by atoms with Gasteiger partial charge in [0.25, 0.3) is 0 Å². The molecule has 254 valence electrons. The van der Waals surface area contributed by atoms with Gasteiger partial charge in [0, 0.05) is 16.8 Å². The summed E-state index contributed by atoms with van der Waals surface area (Å²) < 4.78 is 12.3. The molecule has 4 nitrogen and oxygen atoms in total. The van der Waals surface area contributed by atoms with Crippen LogP contribution in [0.2, 0.25) is 0 Å². The maximum Gasteiger partial charge on any atom is 0.127 e. The summed E-state index contributed by atoms with van der Waals surface area (Å²) in [6, 6.07) is 32.8. The van der Waals surface area contributed by atoms with E-state index in [2.05, 4.69) is 55.5 Å². The summed E-state index contributed by atoms with van der Waals surface area (Å²) in [6.07, 6.45) is 20.7. The third-order valence-corrected chi connectivity index (χ3v) is 11.4. The summed E-state index contributed by atoms with van der Waals surface area (Å²) in [5.41, 5.74) is 15.9. The molecule has 6 rings (SSSR count). The normalized spacial score (nSPS) is 19.5. The van der Waals surface area contributed by atoms with Crippen LogP contribution in [0.25, 0.3) is 0 Å². The molecule has 2 saturated carbocycles. The Labute approximate surface area is 289 Å². The molecule has 0 atom stereocenters. The van der Waals surface area contributed by atoms with E-state index in [0.29, 0.717) is 0 Å². The lowest BCUT2D eigenvalue weighted by Crippen LogP contribution is -2.34. The first-order valence-electron chi connectivity index (χ1n) is 18.8. The van der Waals surface area contributed by atoms with Gasteiger partial charge in [-0.25, -0.2) is 0 Å². The lowest BCUT2D eigenvalue weighted by atomic mass is 9.61. The molecular formula is C44H56N2O2. The molecule has 2 aliphatic rings. The number of nitrogens with two attached hydrogens (primary N) is 2. The van der Waals surface area contributed by atoms with Crippen molar-refractivity contribution in [3.63, 3.8) is 0 Å². The Hall–Kier alpha value is -3.92. The number of benzene rings is 4. The molecule has 0 saturated heterocycles. The number of unbranched alkanes of at least 4 members (excludes halogenated alkanes) is 4. The second-order valence-electron chi connectivity index (χ2n) is 14.7. The number of anilines is 2. The maximum absolute atomic E-state index is 6.16. The molecule has 2 fully saturated rings. The molecular weight excluding hydrogens is 588 g/mol. The molecule has 0 heterocycles. The Morgan fingerprint density at radius 2 is 0.896 bits per heavy atom. The lowest BCUT2D eigenvalue weighted by Gasteiger charge is -2.42. The summed E-state index contributed by atoms with van der Waals surface area (Å²) >= 11 is 0. The lowest BCUT2D eigenvalue weighted by molar-refractivity contribution is 0.184. The summed E-state index contributed by atoms with van der Waals surface area (Å²) in [7, 11) is 0. The van der Waals surface area contributed by atoms with E-state index in [1.807, 2.05) is 48.5 Å². The smallest absolute Gasteiger partial charge is 0.127 e. The predicted octanol–water partition coefficient (Wildman–Crippen LogP) is 12.5. The van der Waals surface area contributed by atoms with E-state index in [9.17, 15) is 0 Å². The van der Waals surface area contributed by atoms with Gasteiger partial charge in [0.15, 0.2) is 0 Å². The Morgan fingerprint density at radius 3 is 1.35 bits per heavy atom. The van der Waals surface area contributed by atoms with Gasteiger partial charge in [-0.1, -0.05) is 95.4 Å². The molecule has 4 heteroatoms. The number of hydrogen-bond acceptors (Lipinski definition) is 4. The minimum Gasteiger partial charge on any atom is -0.457 e. The monoisotopic (exact) mass is 644 g/mol. The van der Waals surface area contributed by atoms with E-state index < -0.39 is 0 Å². The number of nitrogen functional groups attached to an aromatic ring is 2. The highest BCUT2D eigenvalue weighted by molar-refractivity contribution is 5.47. The zero-order chi connectivity index (χ0) is 33.2. The molecule has 48 heavy (non-hydrogen) atoms. The largest absolute Gasteiger partial charge is 0.457 e. The van der Waals surface area contributed by atoms with E-state index in [0.717, 1.165) is 52.1 Å². The highest BCUT2D eigenvalue weighted by Gasteiger charge is 2.39. The van der Waals surface area contributed by atoms with Crippen molar-refractivity contribution in [2.75, 3.05) is 11.5 Å². The molecule has 4 aromatic carbocycles. The van der Waals surface area contributed by atoms with Crippen LogP contribution >= 0.6 is 0 Å². The van der Waals surface area contributed by atoms with Gasteiger partial charge in [0.1, 0.15) is 23.0 Å². The third kappa shape index (κ3) is 8.95. The summed E-state index contributed by atoms with van der Waals surface area (Å²) in [6.45, 7) is 2.31. The number of ether oxygens (including phenoxy) is 2. The van der Waals surface area contributed by atoms with Gasteiger partial charge in [-0.15, -0.1) is 0 Å². The maximum atomic E-state index is 6.16. The van der Waals surface area contributed by atoms with Gasteiger partial charge >= 0.3 is 0 Å². The minimum absolute atomic E-state index is 0.0224. The number of rotatable bonds is 14. The van der Waals surface area contributed by atoms with Gasteiger partial charge in [0.05, 0.1) is 0 Å². The zero-order valence-electron chi connectivity index (χ0n) is 29.0. The zero-order valence-corrected chi connectivity index (χ0v) is 29.0. The molecule has 0 radical (unpaired) electrons. The van der Waals surface area contributed by atoms with Crippen LogP contribution in [-0.4, -0.2) is 0 Å². The van der Waals surface area contributed by atoms with Crippen LogP contribution in [0.5, 0.6) is 23.0 Å². The van der Waals surface area contributed by atoms with Crippen molar-refractivity contribution in [1.29, 1.82) is 0 Å². The topological polar surface area (TPSA) is 70.5 Å². The van der Waals surface area contributed by atoms with Crippen molar-refractivity contribution in [3.8, 4) is 23.0 Å². The SMILES string of the molecule is CCCCCCCC1CCC(CC2CCC(c3ccc(Oc4ccc(N)cc4)cc3)(c3ccc(Oc4ccc(N)cc4)cc3)CC2)CC1. The van der Waals surface area contributed by atoms with Crippen molar-refractivity contribution in [3.05, 3.63) is 108 Å². The molecule has 0 aromatic heterocycles. The average Bonchev–Trinajstić information content (AvgIpc) is 3.12. The van der Waals surface area contributed by atoms with Gasteiger partial charge in [-0.05, 0) is 134 Å². The van der Waals surface area contributed by atoms with E-state index >= 15 is 0 Å². The second-order valence-corrected chi connectivity index (χ2v) is 14.7. The number of hydrogen-bond donors (Lipinski definition) is 2. The quantitative estimate of drug-likeness (QED) is 0.106. The van der Waals surface area contributed by atoms with Gasteiger partial charge in [0.2, 0.25) is 0 Å². The average molecular weight is 645 g/mol. The van der Waals surface area contributed by atoms with Crippen molar-refractivity contribution >= 4 is 11.4 Å². The van der Waals surface area contributed by atoms with E-state index in [4.69, 9.17) is 20.9 Å². The molecule has 0 bridgehead atoms. The minimum atomic E-state index is -0.0224. The van der Waals surface area contributed by atoms with Gasteiger partial charge in [-0.2, -0.15) is 0 Å². The Morgan fingerprint density at radius 1 is 0.500 bits per heavy atom. The van der Waals surface area contributed by atoms with Crippen molar-refractivity contribution in [2.24, 2.45) is 17.8 Å². The van der Waals surface area contributed by atoms with Crippen LogP contribution in [0, 0.1) is 17.8 Å². The molecule has 0 spiro atoms. The molecule has 0 aliphatic heterocycles. The molecule has 2 aliphatic carbocycles. The van der Waals surface area contributed by atoms with Crippen molar-refractivity contribution in [2.45, 2.75) is 109 Å². The van der Waals surface area contributed by atoms with E-state index in [-0.39, 0.29) is 5.41 Å². The molecule has 0 amide bonds. The van der Waals surface area contributed by atoms with Crippen LogP contribution in [0.1, 0.15) is 114 Å². The first-order valence-corrected chi connectivity index (χ1v) is 18.8. The second kappa shape index (κ2) is 16.5. The first-order chi connectivity index (χ1) is 23.5. The molecule has 4 aromatic rings. The standard InChI is InChI=1S/C44H56N2O2/c1-2-3-4-5-6-7-33-8-10-34(11-9-33)32-35-28-30-44(31-29-35,36-12-20-40(21-13-36)47-42-24-16-38(45)17-25-42)37-14-22-41(23-15-37)48-43-26-18-39(46)19-27-43/h12-27,33-35H,2-11,28-32,45-46H2,1H3. The van der Waals surface area contributed by atoms with Crippen LogP contribution in [0.15, 0.2) is 97.1 Å². The van der Waals surface area contributed by atoms with Crippen molar-refractivity contribution in [1.82, 2.24) is 0 Å². The van der Waals surface area contributed by atoms with Gasteiger partial charge in [-0.3, -0.25) is 0 Å². The summed E-state index contributed by atoms with van der Waals surface area (Å²) in [5.74, 6) is 6.02. The Balaban J connectivity index is 1.11. The highest BCUT2D eigenvalue weighted by Crippen LogP contribution is 2.49. The Kier molecular flexibility index (Phi) is 11.6. The van der Waals surface area contributed by atoms with Crippen LogP contribution in [0.4, 0.5) is 11.4 Å². The summed E-state index contributed by atoms with van der Waals surface area (Å²) in [5, 5.41) is 0. The fourth-order valence-corrected chi connectivity index (χ4v) is 8.44. The fourth-order valence-electron chi connectivity index (χ4n) is 8.44. The van der Waals surface area contributed by atoms with Crippen LogP contribution in [-0.2, 0) is 5.41 Å². The fraction of sp³-hybridized carbons (Fsp3) is 0.455. The third-order valence-electron chi connectivity index (χ3n) is 11.4. The first kappa shape index (κ1) is 34.0. The molecule has 4 N–H and O–H groups in total. The van der Waals surface area contributed by atoms with Gasteiger partial charge < -0.3 is 20.9 Å². The predicted molar refractivity (Wildman–Crippen MR) is 201 cm³/mol. The van der Waals surface area contributed by atoms with Crippen molar-refractivity contribution < 1.29 is 9.47 Å². The summed E-state index contributed by atoms with van der Waals surface area (Å²) in [4.78, 5) is 0. The highest BCUT2D eigenvalue weighted by atomic mass is 16.5. The Bertz CT molecular complexity index is 1420.